The van der Waals surface area contributed by atoms with Crippen LogP contribution in [0.2, 0.25) is 0 Å². The van der Waals surface area contributed by atoms with E-state index in [9.17, 15) is 5.11 Å². The van der Waals surface area contributed by atoms with Gasteiger partial charge in [0.25, 0.3) is 0 Å². The predicted molar refractivity (Wildman–Crippen MR) is 30.5 cm³/mol. The number of hydrogen-bond donors (Lipinski definition) is 2. The first-order valence-electron chi connectivity index (χ1n) is 3.24. The Morgan fingerprint density at radius 3 is 2.12 bits per heavy atom. The Balaban J connectivity index is 1.95. The van der Waals surface area contributed by atoms with Crippen LogP contribution < -0.4 is 5.32 Å². The van der Waals surface area contributed by atoms with Gasteiger partial charge in [0.2, 0.25) is 0 Å². The second-order valence-electron chi connectivity index (χ2n) is 2.96. The van der Waals surface area contributed by atoms with E-state index < -0.39 is 0 Å². The highest BCUT2D eigenvalue weighted by Gasteiger charge is 2.49. The average Bonchev–Trinajstić information content (AvgIpc) is 2.12. The fourth-order valence-corrected chi connectivity index (χ4v) is 1.20. The highest BCUT2D eigenvalue weighted by molar-refractivity contribution is 5.03. The molecule has 0 bridgehead atoms. The maximum absolute atomic E-state index is 9.41. The molecule has 2 rings (SSSR count). The number of nitrogens with one attached hydrogen (secondary N) is 1. The molecule has 1 aliphatic carbocycles. The molecule has 1 heterocycles. The summed E-state index contributed by atoms with van der Waals surface area (Å²) in [4.78, 5) is 0. The van der Waals surface area contributed by atoms with Crippen LogP contribution in [0.25, 0.3) is 0 Å². The second-order valence-corrected chi connectivity index (χ2v) is 2.96. The zero-order valence-corrected chi connectivity index (χ0v) is 4.85. The predicted octanol–water partition coefficient (Wildman–Crippen LogP) is -0.269. The van der Waals surface area contributed by atoms with Gasteiger partial charge in [0.1, 0.15) is 0 Å². The van der Waals surface area contributed by atoms with Crippen molar-refractivity contribution in [2.45, 2.75) is 18.4 Å². The van der Waals surface area contributed by atoms with E-state index in [0.717, 1.165) is 25.9 Å². The van der Waals surface area contributed by atoms with Gasteiger partial charge in [-0.3, -0.25) is 0 Å². The Morgan fingerprint density at radius 2 is 2.00 bits per heavy atom. The highest BCUT2D eigenvalue weighted by atomic mass is 16.3. The van der Waals surface area contributed by atoms with Crippen molar-refractivity contribution in [3.63, 3.8) is 0 Å². The fourth-order valence-electron chi connectivity index (χ4n) is 1.20. The Hall–Kier alpha value is -0.0800. The van der Waals surface area contributed by atoms with Crippen LogP contribution in [-0.4, -0.2) is 23.8 Å². The van der Waals surface area contributed by atoms with Crippen LogP contribution in [0.5, 0.6) is 0 Å². The van der Waals surface area contributed by atoms with E-state index in [1.54, 1.807) is 0 Å². The molecule has 2 fully saturated rings. The van der Waals surface area contributed by atoms with Crippen molar-refractivity contribution >= 4 is 0 Å². The molecule has 1 saturated heterocycles. The average molecular weight is 113 g/mol. The van der Waals surface area contributed by atoms with Crippen LogP contribution in [0.1, 0.15) is 12.8 Å². The molecule has 1 saturated carbocycles. The van der Waals surface area contributed by atoms with Crippen molar-refractivity contribution < 1.29 is 5.11 Å². The molecule has 8 heavy (non-hydrogen) atoms. The van der Waals surface area contributed by atoms with E-state index in [-0.39, 0.29) is 5.60 Å². The molecular weight excluding hydrogens is 102 g/mol. The van der Waals surface area contributed by atoms with Crippen molar-refractivity contribution in [2.24, 2.45) is 5.92 Å². The molecule has 0 aromatic rings. The summed E-state index contributed by atoms with van der Waals surface area (Å²) in [7, 11) is 0. The Morgan fingerprint density at radius 1 is 1.38 bits per heavy atom. The quantitative estimate of drug-likeness (QED) is 0.490. The summed E-state index contributed by atoms with van der Waals surface area (Å²) < 4.78 is 0. The van der Waals surface area contributed by atoms with E-state index >= 15 is 0 Å². The van der Waals surface area contributed by atoms with Crippen LogP contribution >= 0.6 is 0 Å². The second kappa shape index (κ2) is 1.25. The molecule has 2 nitrogen and oxygen atoms in total. The lowest BCUT2D eigenvalue weighted by atomic mass is 9.94. The maximum atomic E-state index is 9.41. The third kappa shape index (κ3) is 0.501. The van der Waals surface area contributed by atoms with E-state index in [1.165, 1.54) is 0 Å². The third-order valence-electron chi connectivity index (χ3n) is 2.30. The third-order valence-corrected chi connectivity index (χ3v) is 2.30. The monoisotopic (exact) mass is 113 g/mol. The number of aliphatic hydroxyl groups is 1. The van der Waals surface area contributed by atoms with E-state index in [4.69, 9.17) is 0 Å². The molecule has 0 amide bonds. The van der Waals surface area contributed by atoms with Gasteiger partial charge in [0, 0.05) is 19.0 Å². The van der Waals surface area contributed by atoms with Crippen LogP contribution in [-0.2, 0) is 0 Å². The lowest BCUT2D eigenvalue weighted by Gasteiger charge is -2.31. The first-order valence-corrected chi connectivity index (χ1v) is 3.24. The smallest absolute Gasteiger partial charge is 0.0702 e. The van der Waals surface area contributed by atoms with Gasteiger partial charge < -0.3 is 10.4 Å². The molecule has 0 unspecified atom stereocenters. The molecule has 1 aliphatic heterocycles. The topological polar surface area (TPSA) is 32.3 Å². The van der Waals surface area contributed by atoms with Gasteiger partial charge in [-0.15, -0.1) is 0 Å². The number of rotatable bonds is 1. The van der Waals surface area contributed by atoms with Gasteiger partial charge >= 0.3 is 0 Å². The SMILES string of the molecule is OC1(C2CNC2)CC1. The van der Waals surface area contributed by atoms with E-state index in [0.29, 0.717) is 5.92 Å². The zero-order chi connectivity index (χ0) is 5.61. The summed E-state index contributed by atoms with van der Waals surface area (Å²) in [5.41, 5.74) is -0.217. The summed E-state index contributed by atoms with van der Waals surface area (Å²) in [6.45, 7) is 2.08. The van der Waals surface area contributed by atoms with Gasteiger partial charge in [0.05, 0.1) is 5.60 Å². The largest absolute Gasteiger partial charge is 0.389 e. The minimum atomic E-state index is -0.217. The summed E-state index contributed by atoms with van der Waals surface area (Å²) in [5.74, 6) is 0.586. The first-order chi connectivity index (χ1) is 3.81. The van der Waals surface area contributed by atoms with Crippen LogP contribution in [0.3, 0.4) is 0 Å². The Kier molecular flexibility index (Phi) is 0.746. The van der Waals surface area contributed by atoms with Gasteiger partial charge in [-0.1, -0.05) is 0 Å². The van der Waals surface area contributed by atoms with E-state index in [2.05, 4.69) is 5.32 Å². The highest BCUT2D eigenvalue weighted by Crippen LogP contribution is 2.43. The summed E-state index contributed by atoms with van der Waals surface area (Å²) >= 11 is 0. The van der Waals surface area contributed by atoms with Crippen molar-refractivity contribution in [3.05, 3.63) is 0 Å². The first kappa shape index (κ1) is 4.77. The summed E-state index contributed by atoms with van der Waals surface area (Å²) in [5, 5.41) is 12.6. The molecule has 2 aliphatic rings. The lowest BCUT2D eigenvalue weighted by molar-refractivity contribution is 0.0531. The summed E-state index contributed by atoms with van der Waals surface area (Å²) in [6, 6.07) is 0. The van der Waals surface area contributed by atoms with Crippen LogP contribution in [0, 0.1) is 5.92 Å². The van der Waals surface area contributed by atoms with Crippen molar-refractivity contribution in [2.75, 3.05) is 13.1 Å². The van der Waals surface area contributed by atoms with Crippen molar-refractivity contribution in [1.29, 1.82) is 0 Å². The summed E-state index contributed by atoms with van der Waals surface area (Å²) in [6.07, 6.45) is 2.08. The molecule has 2 N–H and O–H groups in total. The fraction of sp³-hybridized carbons (Fsp3) is 1.00. The minimum absolute atomic E-state index is 0.217. The molecule has 0 aromatic heterocycles. The minimum Gasteiger partial charge on any atom is -0.389 e. The standard InChI is InChI=1S/C6H11NO/c8-6(1-2-6)5-3-7-4-5/h5,7-8H,1-4H2. The van der Waals surface area contributed by atoms with Gasteiger partial charge in [-0.05, 0) is 12.8 Å². The normalized spacial score (nSPS) is 34.1. The van der Waals surface area contributed by atoms with Gasteiger partial charge in [0.15, 0.2) is 0 Å². The van der Waals surface area contributed by atoms with Crippen molar-refractivity contribution in [1.82, 2.24) is 5.32 Å². The van der Waals surface area contributed by atoms with Gasteiger partial charge in [-0.25, -0.2) is 0 Å². The molecule has 46 valence electrons. The van der Waals surface area contributed by atoms with Gasteiger partial charge in [-0.2, -0.15) is 0 Å². The molecule has 2 heteroatoms. The molecule has 0 atom stereocenters. The number of hydrogen-bond acceptors (Lipinski definition) is 2. The molecular formula is C6H11NO. The molecule has 0 aromatic carbocycles. The van der Waals surface area contributed by atoms with Crippen molar-refractivity contribution in [3.8, 4) is 0 Å². The van der Waals surface area contributed by atoms with Crippen LogP contribution in [0.15, 0.2) is 0 Å². The lowest BCUT2D eigenvalue weighted by Crippen LogP contribution is -2.49. The Bertz CT molecular complexity index is 105. The van der Waals surface area contributed by atoms with E-state index in [1.807, 2.05) is 0 Å². The molecule has 0 spiro atoms. The maximum Gasteiger partial charge on any atom is 0.0702 e. The van der Waals surface area contributed by atoms with Crippen LogP contribution in [0.4, 0.5) is 0 Å². The molecule has 0 radical (unpaired) electrons. The Labute approximate surface area is 48.9 Å². The zero-order valence-electron chi connectivity index (χ0n) is 4.85.